The van der Waals surface area contributed by atoms with E-state index in [1.807, 2.05) is 13.1 Å². The first kappa shape index (κ1) is 13.0. The van der Waals surface area contributed by atoms with Crippen molar-refractivity contribution in [1.82, 2.24) is 10.3 Å². The molecule has 1 unspecified atom stereocenters. The second-order valence-corrected chi connectivity index (χ2v) is 5.85. The lowest BCUT2D eigenvalue weighted by molar-refractivity contribution is -0.123. The first-order valence-electron chi connectivity index (χ1n) is 7.19. The van der Waals surface area contributed by atoms with Gasteiger partial charge in [-0.05, 0) is 30.0 Å². The predicted octanol–water partition coefficient (Wildman–Crippen LogP) is 2.30. The van der Waals surface area contributed by atoms with Gasteiger partial charge in [0.15, 0.2) is 0 Å². The van der Waals surface area contributed by atoms with E-state index in [1.54, 1.807) is 0 Å². The number of hydrogen-bond donors (Lipinski definition) is 2. The van der Waals surface area contributed by atoms with Crippen LogP contribution in [0.5, 0.6) is 0 Å². The minimum atomic E-state index is -0.138. The second-order valence-electron chi connectivity index (χ2n) is 5.85. The number of H-pyrrole nitrogens is 1. The lowest BCUT2D eigenvalue weighted by atomic mass is 10.0. The molecule has 106 valence electrons. The Bertz CT molecular complexity index is 644. The Morgan fingerprint density at radius 1 is 1.35 bits per heavy atom. The van der Waals surface area contributed by atoms with Gasteiger partial charge in [0.1, 0.15) is 6.04 Å². The molecule has 4 heteroatoms. The molecular formula is C16H21N3O. The van der Waals surface area contributed by atoms with Crippen LogP contribution in [0.25, 0.3) is 10.9 Å². The molecule has 1 atom stereocenters. The van der Waals surface area contributed by atoms with Crippen LogP contribution >= 0.6 is 0 Å². The van der Waals surface area contributed by atoms with Gasteiger partial charge in [0.25, 0.3) is 0 Å². The summed E-state index contributed by atoms with van der Waals surface area (Å²) in [6.07, 6.45) is 2.92. The summed E-state index contributed by atoms with van der Waals surface area (Å²) in [6.45, 7) is 4.88. The maximum atomic E-state index is 12.4. The highest BCUT2D eigenvalue weighted by Gasteiger charge is 2.29. The molecule has 0 aliphatic carbocycles. The average molecular weight is 271 g/mol. The van der Waals surface area contributed by atoms with Gasteiger partial charge in [-0.3, -0.25) is 4.79 Å². The molecule has 2 heterocycles. The quantitative estimate of drug-likeness (QED) is 0.836. The number of nitrogens with zero attached hydrogens (tertiary/aromatic N) is 1. The Balaban J connectivity index is 2.20. The number of aromatic amines is 1. The lowest BCUT2D eigenvalue weighted by Gasteiger charge is -2.32. The van der Waals surface area contributed by atoms with Crippen LogP contribution in [-0.4, -0.2) is 30.5 Å². The van der Waals surface area contributed by atoms with Crippen LogP contribution in [0.2, 0.25) is 0 Å². The monoisotopic (exact) mass is 271 g/mol. The molecule has 1 aliphatic rings. The number of rotatable bonds is 1. The number of carbonyl (C=O) groups is 1. The van der Waals surface area contributed by atoms with Gasteiger partial charge in [0.05, 0.1) is 0 Å². The van der Waals surface area contributed by atoms with E-state index in [0.29, 0.717) is 6.54 Å². The number of nitrogens with one attached hydrogen (secondary N) is 2. The Morgan fingerprint density at radius 2 is 2.15 bits per heavy atom. The zero-order valence-electron chi connectivity index (χ0n) is 12.2. The summed E-state index contributed by atoms with van der Waals surface area (Å²) >= 11 is 0. The molecular weight excluding hydrogens is 250 g/mol. The molecule has 1 aliphatic heterocycles. The molecule has 0 saturated heterocycles. The number of hydrogen-bond acceptors (Lipinski definition) is 2. The van der Waals surface area contributed by atoms with Crippen LogP contribution in [0, 0.1) is 5.92 Å². The van der Waals surface area contributed by atoms with Gasteiger partial charge in [-0.25, -0.2) is 0 Å². The average Bonchev–Trinajstić information content (AvgIpc) is 2.82. The van der Waals surface area contributed by atoms with Gasteiger partial charge >= 0.3 is 0 Å². The third-order valence-corrected chi connectivity index (χ3v) is 4.16. The van der Waals surface area contributed by atoms with E-state index in [0.717, 1.165) is 17.6 Å². The van der Waals surface area contributed by atoms with Gasteiger partial charge in [-0.15, -0.1) is 0 Å². The summed E-state index contributed by atoms with van der Waals surface area (Å²) in [7, 11) is 2.02. The van der Waals surface area contributed by atoms with Crippen LogP contribution in [0.4, 0.5) is 5.69 Å². The van der Waals surface area contributed by atoms with E-state index in [1.165, 1.54) is 10.9 Å². The van der Waals surface area contributed by atoms with Gasteiger partial charge in [-0.2, -0.15) is 0 Å². The molecule has 0 fully saturated rings. The minimum absolute atomic E-state index is 0.119. The number of benzene rings is 1. The normalized spacial score (nSPS) is 19.7. The summed E-state index contributed by atoms with van der Waals surface area (Å²) in [6, 6.07) is 6.10. The fourth-order valence-electron chi connectivity index (χ4n) is 3.23. The van der Waals surface area contributed by atoms with E-state index in [4.69, 9.17) is 0 Å². The second kappa shape index (κ2) is 4.85. The summed E-state index contributed by atoms with van der Waals surface area (Å²) in [5.41, 5.74) is 3.54. The zero-order chi connectivity index (χ0) is 14.3. The number of anilines is 1. The third-order valence-electron chi connectivity index (χ3n) is 4.16. The smallest absolute Gasteiger partial charge is 0.242 e. The first-order chi connectivity index (χ1) is 9.59. The molecule has 1 aromatic heterocycles. The lowest BCUT2D eigenvalue weighted by Crippen LogP contribution is -2.48. The molecule has 0 spiro atoms. The number of likely N-dealkylation sites (N-methyl/N-ethyl adjacent to an activating group) is 1. The Hall–Kier alpha value is -1.97. The Morgan fingerprint density at radius 3 is 2.90 bits per heavy atom. The molecule has 20 heavy (non-hydrogen) atoms. The van der Waals surface area contributed by atoms with E-state index < -0.39 is 0 Å². The summed E-state index contributed by atoms with van der Waals surface area (Å²) < 4.78 is 0. The van der Waals surface area contributed by atoms with Crippen LogP contribution in [0.3, 0.4) is 0 Å². The van der Waals surface area contributed by atoms with Crippen molar-refractivity contribution in [3.8, 4) is 0 Å². The topological polar surface area (TPSA) is 48.1 Å². The Labute approximate surface area is 119 Å². The number of amides is 1. The standard InChI is InChI=1S/C16H21N3O/c1-10(2)15-16(20)17-8-7-11-9-18-12-5-4-6-13(14(11)12)19(15)3/h4-6,9-10,15,18H,7-8H2,1-3H3,(H,17,20). The number of aromatic nitrogens is 1. The largest absolute Gasteiger partial charge is 0.362 e. The first-order valence-corrected chi connectivity index (χ1v) is 7.19. The maximum absolute atomic E-state index is 12.4. The zero-order valence-corrected chi connectivity index (χ0v) is 12.2. The molecule has 3 rings (SSSR count). The van der Waals surface area contributed by atoms with Crippen molar-refractivity contribution in [3.63, 3.8) is 0 Å². The molecule has 2 N–H and O–H groups in total. The van der Waals surface area contributed by atoms with Crippen molar-refractivity contribution >= 4 is 22.5 Å². The van der Waals surface area contributed by atoms with E-state index in [2.05, 4.69) is 47.4 Å². The number of carbonyl (C=O) groups excluding carboxylic acids is 1. The molecule has 4 nitrogen and oxygen atoms in total. The SMILES string of the molecule is CC(C)C1C(=O)NCCc2c[nH]c3cccc(c23)N1C. The Kier molecular flexibility index (Phi) is 3.16. The van der Waals surface area contributed by atoms with Crippen LogP contribution in [0.1, 0.15) is 19.4 Å². The van der Waals surface area contributed by atoms with Crippen LogP contribution < -0.4 is 10.2 Å². The highest BCUT2D eigenvalue weighted by Crippen LogP contribution is 2.32. The van der Waals surface area contributed by atoms with Crippen LogP contribution in [-0.2, 0) is 11.2 Å². The fraction of sp³-hybridized carbons (Fsp3) is 0.438. The molecule has 0 bridgehead atoms. The summed E-state index contributed by atoms with van der Waals surface area (Å²) in [4.78, 5) is 17.9. The van der Waals surface area contributed by atoms with E-state index in [-0.39, 0.29) is 17.9 Å². The maximum Gasteiger partial charge on any atom is 0.242 e. The summed E-state index contributed by atoms with van der Waals surface area (Å²) in [5.74, 6) is 0.379. The molecule has 1 amide bonds. The predicted molar refractivity (Wildman–Crippen MR) is 82.0 cm³/mol. The highest BCUT2D eigenvalue weighted by atomic mass is 16.2. The molecule has 0 radical (unpaired) electrons. The fourth-order valence-corrected chi connectivity index (χ4v) is 3.23. The minimum Gasteiger partial charge on any atom is -0.362 e. The van der Waals surface area contributed by atoms with Gasteiger partial charge < -0.3 is 15.2 Å². The van der Waals surface area contributed by atoms with Crippen molar-refractivity contribution in [1.29, 1.82) is 0 Å². The van der Waals surface area contributed by atoms with E-state index >= 15 is 0 Å². The highest BCUT2D eigenvalue weighted by molar-refractivity contribution is 5.98. The van der Waals surface area contributed by atoms with Crippen LogP contribution in [0.15, 0.2) is 24.4 Å². The van der Waals surface area contributed by atoms with Crippen molar-refractivity contribution in [3.05, 3.63) is 30.0 Å². The molecule has 2 aromatic rings. The van der Waals surface area contributed by atoms with Gasteiger partial charge in [0, 0.05) is 36.4 Å². The van der Waals surface area contributed by atoms with Crippen molar-refractivity contribution in [2.45, 2.75) is 26.3 Å². The summed E-state index contributed by atoms with van der Waals surface area (Å²) in [5, 5.41) is 4.31. The molecule has 1 aromatic carbocycles. The van der Waals surface area contributed by atoms with Gasteiger partial charge in [-0.1, -0.05) is 19.9 Å². The van der Waals surface area contributed by atoms with Crippen molar-refractivity contribution in [2.75, 3.05) is 18.5 Å². The van der Waals surface area contributed by atoms with Crippen molar-refractivity contribution < 1.29 is 4.79 Å². The van der Waals surface area contributed by atoms with Crippen molar-refractivity contribution in [2.24, 2.45) is 5.92 Å². The van der Waals surface area contributed by atoms with Gasteiger partial charge in [0.2, 0.25) is 5.91 Å². The third kappa shape index (κ3) is 1.96. The molecule has 0 saturated carbocycles. The van der Waals surface area contributed by atoms with E-state index in [9.17, 15) is 4.79 Å².